The molecule has 0 spiro atoms. The number of carbonyl (C=O) groups excluding carboxylic acids is 3. The van der Waals surface area contributed by atoms with Crippen LogP contribution >= 0.6 is 0 Å². The van der Waals surface area contributed by atoms with Crippen LogP contribution in [-0.2, 0) is 43.0 Å². The van der Waals surface area contributed by atoms with Crippen molar-refractivity contribution < 1.29 is 93.0 Å². The number of carboxylic acids is 3. The zero-order valence-corrected chi connectivity index (χ0v) is 58.5. The molecule has 4 N–H and O–H groups in total. The first kappa shape index (κ1) is 91.4. The zero-order valence-electron chi connectivity index (χ0n) is 56.5. The third-order valence-corrected chi connectivity index (χ3v) is 15.4. The molecule has 87 heavy (non-hydrogen) atoms. The average Bonchev–Trinajstić information content (AvgIpc) is 3.51. The smallest absolute Gasteiger partial charge is 0.483 e. The summed E-state index contributed by atoms with van der Waals surface area (Å²) in [6, 6.07) is 0. The van der Waals surface area contributed by atoms with Gasteiger partial charge >= 0.3 is 53.4 Å². The molecule has 0 fully saturated rings. The number of Topliss-reactive ketones (excluding diaryl/α,β-unsaturated/α-hetero) is 1. The zero-order chi connectivity index (χ0) is 63.8. The Labute approximate surface area is 552 Å². The number of unbranched alkanes of at least 4 members (excludes halogenated alkanes) is 23. The van der Waals surface area contributed by atoms with E-state index in [9.17, 15) is 39.0 Å². The van der Waals surface area contributed by atoms with Crippen LogP contribution in [0.25, 0.3) is 0 Å². The summed E-state index contributed by atoms with van der Waals surface area (Å²) in [5.41, 5.74) is 0. The van der Waals surface area contributed by atoms with Crippen LogP contribution in [0.4, 0.5) is 0 Å². The summed E-state index contributed by atoms with van der Waals surface area (Å²) in [7, 11) is 0. The fourth-order valence-corrected chi connectivity index (χ4v) is 9.68. The van der Waals surface area contributed by atoms with Crippen LogP contribution in [0, 0.1) is 37.0 Å². The number of ketones is 1. The molecular weight excluding hydrogens is 1110 g/mol. The van der Waals surface area contributed by atoms with Gasteiger partial charge in [0.1, 0.15) is 18.5 Å². The molecule has 0 rings (SSSR count). The van der Waals surface area contributed by atoms with E-state index in [2.05, 4.69) is 76.3 Å². The predicted octanol–water partition coefficient (Wildman–Crippen LogP) is 17.0. The molecule has 0 radical (unpaired) electrons. The van der Waals surface area contributed by atoms with Crippen LogP contribution in [0.3, 0.4) is 0 Å². The molecule has 0 aromatic rings. The van der Waals surface area contributed by atoms with Gasteiger partial charge in [-0.2, -0.15) is 0 Å². The van der Waals surface area contributed by atoms with Crippen molar-refractivity contribution in [3.05, 3.63) is 86.1 Å². The fraction of sp³-hybridized carbons (Fsp3) is 0.712. The first-order valence-electron chi connectivity index (χ1n) is 33.4. The molecule has 14 heteroatoms. The molecule has 6 atom stereocenters. The Morgan fingerprint density at radius 3 is 1.48 bits per heavy atom. The van der Waals surface area contributed by atoms with Gasteiger partial charge in [0.05, 0.1) is 12.3 Å². The second-order valence-electron chi connectivity index (χ2n) is 22.9. The number of carbonyl (C=O) groups is 6. The van der Waals surface area contributed by atoms with Gasteiger partial charge in [0.2, 0.25) is 0 Å². The van der Waals surface area contributed by atoms with Crippen LogP contribution < -0.4 is 29.6 Å². The van der Waals surface area contributed by atoms with Gasteiger partial charge in [-0.25, -0.2) is 4.79 Å². The predicted molar refractivity (Wildman–Crippen MR) is 356 cm³/mol. The van der Waals surface area contributed by atoms with Gasteiger partial charge in [0, 0.05) is 31.6 Å². The SMILES string of the molecule is CCCCCC/C=C/C=C\CCCCCCCC(=O)C(C)CC.CCCCCCCCC(/C=C/CCCCCCC(=O)OC(CC)COC(=C=O)CCCCCCC/C=C\C/C=C\C=C\C(CC)C(C)CC(=O)O)C(CC(=O)O)C(=O)O.O=CO.[CH3-].[Na+]. The second-order valence-corrected chi connectivity index (χ2v) is 22.9. The van der Waals surface area contributed by atoms with Crippen molar-refractivity contribution in [3.8, 4) is 0 Å². The quantitative estimate of drug-likeness (QED) is 0.00513. The van der Waals surface area contributed by atoms with Crippen molar-refractivity contribution in [1.82, 2.24) is 0 Å². The van der Waals surface area contributed by atoms with E-state index >= 15 is 0 Å². The molecule has 0 aromatic heterocycles. The third-order valence-electron chi connectivity index (χ3n) is 15.4. The van der Waals surface area contributed by atoms with E-state index in [-0.39, 0.29) is 98.3 Å². The van der Waals surface area contributed by atoms with Crippen LogP contribution in [0.2, 0.25) is 0 Å². The third kappa shape index (κ3) is 64.5. The summed E-state index contributed by atoms with van der Waals surface area (Å²) in [6.45, 7) is 14.4. The minimum Gasteiger partial charge on any atom is -0.483 e. The number of rotatable bonds is 56. The Balaban J connectivity index is -0.000000667. The molecule has 13 nitrogen and oxygen atoms in total. The standard InChI is InChI=1S/C49H80O10.C22H40O.CH2O2.CH3.Na/c1-5-8-9-10-21-27-32-42(45(49(56)57)37-47(53)54)33-28-23-19-20-25-30-35-48(55)59-43(7-3)39-58-44(38-50)34-29-24-18-16-14-12-11-13-15-17-22-26-31-41(6-2)40(4)36-46(51)52;1-4-6-7-8-9-10-11-12-13-14-15-16-17-18-19-20-22(23)21(3)5-2;2-1-3;;/h11,13,17,22,26,28,31,33,40-43,45H,5-10,12,14-16,18-21,23-25,27,29-30,32,34-37,39H2,1-4H3,(H,51,52)(H,53,54)(H,56,57);10-13,21H,4-9,14-20H2,1-3H3;1H,(H,2,3);1H3;/q;;;-1;+1/b13-11-,22-17-,31-26+,33-28+;11-10+,13-12-;;;. The molecule has 0 aliphatic rings. The Bertz CT molecular complexity index is 1880. The number of aliphatic carboxylic acids is 3. The van der Waals surface area contributed by atoms with Crippen LogP contribution in [-0.4, -0.2) is 75.2 Å². The largest absolute Gasteiger partial charge is 1.00 e. The molecule has 0 aliphatic heterocycles. The molecule has 0 saturated carbocycles. The first-order chi connectivity index (χ1) is 41.1. The van der Waals surface area contributed by atoms with Gasteiger partial charge in [-0.3, -0.25) is 28.8 Å². The Morgan fingerprint density at radius 1 is 0.506 bits per heavy atom. The number of ether oxygens (including phenoxy) is 2. The number of hydrogen-bond donors (Lipinski definition) is 4. The van der Waals surface area contributed by atoms with Gasteiger partial charge in [-0.15, -0.1) is 0 Å². The monoisotopic (exact) mass is 1230 g/mol. The van der Waals surface area contributed by atoms with Gasteiger partial charge in [-0.05, 0) is 120 Å². The molecule has 6 unspecified atom stereocenters. The summed E-state index contributed by atoms with van der Waals surface area (Å²) in [4.78, 5) is 78.2. The molecule has 0 amide bonds. The molecule has 0 aliphatic carbocycles. The Kier molecular flexibility index (Phi) is 74.4. The molecule has 496 valence electrons. The van der Waals surface area contributed by atoms with E-state index in [0.29, 0.717) is 37.9 Å². The van der Waals surface area contributed by atoms with Crippen molar-refractivity contribution >= 4 is 42.1 Å². The molecule has 0 aromatic carbocycles. The molecular formula is C73H125NaO13. The summed E-state index contributed by atoms with van der Waals surface area (Å²) >= 11 is 0. The van der Waals surface area contributed by atoms with Crippen molar-refractivity contribution in [2.24, 2.45) is 29.6 Å². The number of carboxylic acid groups (broad SMARTS) is 4. The van der Waals surface area contributed by atoms with E-state index in [1.165, 1.54) is 77.0 Å². The molecule has 0 bridgehead atoms. The van der Waals surface area contributed by atoms with E-state index in [0.717, 1.165) is 122 Å². The van der Waals surface area contributed by atoms with Gasteiger partial charge in [-0.1, -0.05) is 231 Å². The first-order valence-corrected chi connectivity index (χ1v) is 33.4. The van der Waals surface area contributed by atoms with Gasteiger partial charge in [0.25, 0.3) is 6.47 Å². The molecule has 0 heterocycles. The second kappa shape index (κ2) is 70.8. The Morgan fingerprint density at radius 2 is 0.977 bits per heavy atom. The van der Waals surface area contributed by atoms with Crippen LogP contribution in [0.5, 0.6) is 0 Å². The minimum atomic E-state index is -1.09. The van der Waals surface area contributed by atoms with Crippen molar-refractivity contribution in [1.29, 1.82) is 0 Å². The summed E-state index contributed by atoms with van der Waals surface area (Å²) in [5.74, 6) is -1.11. The maximum atomic E-state index is 12.5. The fourth-order valence-electron chi connectivity index (χ4n) is 9.68. The summed E-state index contributed by atoms with van der Waals surface area (Å²) in [6.07, 6.45) is 61.3. The topological polar surface area (TPSA) is 219 Å². The van der Waals surface area contributed by atoms with Crippen LogP contribution in [0.15, 0.2) is 78.7 Å². The van der Waals surface area contributed by atoms with E-state index in [1.54, 1.807) is 0 Å². The normalized spacial score (nSPS) is 13.4. The number of esters is 1. The van der Waals surface area contributed by atoms with Crippen molar-refractivity contribution in [2.75, 3.05) is 6.61 Å². The average molecular weight is 1230 g/mol. The van der Waals surface area contributed by atoms with E-state index in [4.69, 9.17) is 24.5 Å². The minimum absolute atomic E-state index is 0. The number of allylic oxidation sites excluding steroid dienone is 13. The van der Waals surface area contributed by atoms with Gasteiger partial charge < -0.3 is 37.3 Å². The van der Waals surface area contributed by atoms with Crippen molar-refractivity contribution in [2.45, 2.75) is 299 Å². The summed E-state index contributed by atoms with van der Waals surface area (Å²) < 4.78 is 11.3. The van der Waals surface area contributed by atoms with Gasteiger partial charge in [0.15, 0.2) is 11.7 Å². The number of hydrogen-bond acceptors (Lipinski definition) is 9. The van der Waals surface area contributed by atoms with Crippen LogP contribution in [0.1, 0.15) is 292 Å². The molecule has 0 saturated heterocycles. The van der Waals surface area contributed by atoms with Crippen molar-refractivity contribution in [3.63, 3.8) is 0 Å². The van der Waals surface area contributed by atoms with E-state index < -0.39 is 29.9 Å². The maximum absolute atomic E-state index is 12.5. The summed E-state index contributed by atoms with van der Waals surface area (Å²) in [5, 5.41) is 34.9. The Hall–Kier alpha value is -4.29. The van der Waals surface area contributed by atoms with E-state index in [1.807, 2.05) is 51.0 Å². The maximum Gasteiger partial charge on any atom is 1.00 e.